The van der Waals surface area contributed by atoms with Crippen molar-refractivity contribution in [1.82, 2.24) is 4.57 Å². The Morgan fingerprint density at radius 3 is 2.09 bits per heavy atom. The van der Waals surface area contributed by atoms with E-state index in [0.717, 1.165) is 6.54 Å². The zero-order chi connectivity index (χ0) is 32.8. The average Bonchev–Trinajstić information content (AvgIpc) is 3.37. The smallest absolute Gasteiger partial charge is 0.351 e. The Bertz CT molecular complexity index is 1670. The van der Waals surface area contributed by atoms with Gasteiger partial charge in [-0.2, -0.15) is 4.57 Å². The van der Waals surface area contributed by atoms with E-state index < -0.39 is 0 Å². The molecule has 2 aromatic heterocycles. The van der Waals surface area contributed by atoms with Crippen molar-refractivity contribution in [2.24, 2.45) is 14.1 Å². The first kappa shape index (κ1) is 34.4. The van der Waals surface area contributed by atoms with Gasteiger partial charge in [0, 0.05) is 36.6 Å². The first-order valence-electron chi connectivity index (χ1n) is 18.4. The molecule has 0 N–H and O–H groups in total. The fourth-order valence-electron chi connectivity index (χ4n) is 7.09. The van der Waals surface area contributed by atoms with Gasteiger partial charge in [0.15, 0.2) is 17.2 Å². The molecule has 248 valence electrons. The number of aromatic nitrogens is 3. The van der Waals surface area contributed by atoms with Gasteiger partial charge in [-0.25, -0.2) is 9.13 Å². The van der Waals surface area contributed by atoms with Crippen molar-refractivity contribution in [3.05, 3.63) is 102 Å². The second kappa shape index (κ2) is 17.8. The van der Waals surface area contributed by atoms with Crippen LogP contribution in [-0.4, -0.2) is 11.6 Å². The van der Waals surface area contributed by atoms with Gasteiger partial charge in [0.1, 0.15) is 7.05 Å². The summed E-state index contributed by atoms with van der Waals surface area (Å²) in [6.45, 7) is 3.34. The summed E-state index contributed by atoms with van der Waals surface area (Å²) < 4.78 is 7.20. The molecule has 0 bridgehead atoms. The van der Waals surface area contributed by atoms with E-state index in [4.69, 9.17) is 0 Å². The van der Waals surface area contributed by atoms with Crippen LogP contribution in [0.2, 0.25) is 0 Å². The summed E-state index contributed by atoms with van der Waals surface area (Å²) in [6.07, 6.45) is 32.6. The normalized spacial score (nSPS) is 13.8. The Kier molecular flexibility index (Phi) is 13.1. The monoisotopic (exact) mass is 630 g/mol. The Morgan fingerprint density at radius 2 is 1.36 bits per heavy atom. The molecular weight excluding hydrogens is 573 g/mol. The van der Waals surface area contributed by atoms with Crippen LogP contribution in [0, 0.1) is 0 Å². The van der Waals surface area contributed by atoms with Gasteiger partial charge in [-0.15, -0.1) is 0 Å². The van der Waals surface area contributed by atoms with Crippen LogP contribution in [0.1, 0.15) is 108 Å². The highest BCUT2D eigenvalue weighted by atomic mass is 15.2. The predicted octanol–water partition coefficient (Wildman–Crippen LogP) is 10.5. The molecule has 0 saturated carbocycles. The summed E-state index contributed by atoms with van der Waals surface area (Å²) in [7, 11) is 6.49. The molecule has 1 aliphatic heterocycles. The number of fused-ring (bicyclic) bond motifs is 2. The fourth-order valence-corrected chi connectivity index (χ4v) is 7.09. The van der Waals surface area contributed by atoms with Crippen molar-refractivity contribution >= 4 is 28.4 Å². The highest BCUT2D eigenvalue weighted by molar-refractivity contribution is 5.87. The third-order valence-corrected chi connectivity index (χ3v) is 9.88. The molecule has 0 radical (unpaired) electrons. The van der Waals surface area contributed by atoms with E-state index in [0.29, 0.717) is 0 Å². The minimum atomic E-state index is 1.04. The van der Waals surface area contributed by atoms with E-state index in [1.165, 1.54) is 135 Å². The highest BCUT2D eigenvalue weighted by Gasteiger charge is 2.30. The van der Waals surface area contributed by atoms with E-state index >= 15 is 0 Å². The molecule has 0 aliphatic carbocycles. The number of hydrogen-bond acceptors (Lipinski definition) is 1. The second-order valence-electron chi connectivity index (χ2n) is 13.5. The second-order valence-corrected chi connectivity index (χ2v) is 13.5. The van der Waals surface area contributed by atoms with Crippen LogP contribution in [0.3, 0.4) is 0 Å². The first-order chi connectivity index (χ1) is 23.1. The van der Waals surface area contributed by atoms with E-state index in [1.807, 2.05) is 0 Å². The molecule has 2 aromatic carbocycles. The zero-order valence-corrected chi connectivity index (χ0v) is 29.6. The molecular formula is C43H58N4+2. The molecule has 3 heterocycles. The third kappa shape index (κ3) is 9.12. The number of pyridine rings is 1. The van der Waals surface area contributed by atoms with Crippen LogP contribution < -0.4 is 14.0 Å². The molecule has 0 amide bonds. The van der Waals surface area contributed by atoms with Gasteiger partial charge in [0.2, 0.25) is 0 Å². The Hall–Kier alpha value is -3.92. The summed E-state index contributed by atoms with van der Waals surface area (Å²) >= 11 is 0. The standard InChI is InChI=1S/C43H58N4/c1-5-6-7-8-9-10-11-12-13-14-15-16-17-22-32-47-41-29-21-20-28-40(41)46(4)43(47)42-35-36(30-33-45(42)3)24-23-25-37-31-34-44(2)39-27-19-18-26-38(37)39/h18-21,23-31,33-35H,5-17,22,32H2,1-4H3/q+2. The first-order valence-corrected chi connectivity index (χ1v) is 18.4. The predicted molar refractivity (Wildman–Crippen MR) is 201 cm³/mol. The van der Waals surface area contributed by atoms with E-state index in [1.54, 1.807) is 0 Å². The maximum absolute atomic E-state index is 2.56. The van der Waals surface area contributed by atoms with Crippen LogP contribution >= 0.6 is 0 Å². The van der Waals surface area contributed by atoms with Crippen molar-refractivity contribution in [2.45, 2.75) is 103 Å². The number of unbranched alkanes of at least 4 members (excludes halogenated alkanes) is 13. The quantitative estimate of drug-likeness (QED) is 0.0789. The lowest BCUT2D eigenvalue weighted by atomic mass is 10.00. The summed E-state index contributed by atoms with van der Waals surface area (Å²) in [6, 6.07) is 22.0. The van der Waals surface area contributed by atoms with Crippen LogP contribution in [0.25, 0.3) is 34.2 Å². The SMILES string of the molecule is CCCCCCCCCCCCCCCCn1c(-c2cc(/C=C\C=C3/C=CN(C)c4ccccc43)cc[n+]2C)[n+](C)c2ccccc21. The number of allylic oxidation sites excluding steroid dienone is 4. The van der Waals surface area contributed by atoms with Crippen molar-refractivity contribution in [3.63, 3.8) is 0 Å². The van der Waals surface area contributed by atoms with E-state index in [2.05, 4.69) is 144 Å². The Morgan fingerprint density at radius 1 is 0.723 bits per heavy atom. The molecule has 1 aliphatic rings. The number of anilines is 1. The van der Waals surface area contributed by atoms with Crippen LogP contribution in [0.15, 0.2) is 91.3 Å². The van der Waals surface area contributed by atoms with Crippen LogP contribution in [-0.2, 0) is 20.6 Å². The molecule has 5 rings (SSSR count). The Balaban J connectivity index is 1.21. The molecule has 0 atom stereocenters. The molecule has 0 unspecified atom stereocenters. The lowest BCUT2D eigenvalue weighted by Gasteiger charge is -2.23. The molecule has 4 heteroatoms. The summed E-state index contributed by atoms with van der Waals surface area (Å²) in [4.78, 5) is 2.18. The number of benzene rings is 2. The molecule has 4 aromatic rings. The van der Waals surface area contributed by atoms with Gasteiger partial charge >= 0.3 is 5.82 Å². The topological polar surface area (TPSA) is 15.9 Å². The zero-order valence-electron chi connectivity index (χ0n) is 29.6. The third-order valence-electron chi connectivity index (χ3n) is 9.88. The van der Waals surface area contributed by atoms with Gasteiger partial charge in [-0.3, -0.25) is 0 Å². The van der Waals surface area contributed by atoms with Crippen molar-refractivity contribution in [3.8, 4) is 11.5 Å². The van der Waals surface area contributed by atoms with Crippen LogP contribution in [0.5, 0.6) is 0 Å². The largest absolute Gasteiger partial charge is 0.355 e. The average molecular weight is 631 g/mol. The van der Waals surface area contributed by atoms with Gasteiger partial charge < -0.3 is 4.90 Å². The number of imidazole rings is 1. The van der Waals surface area contributed by atoms with E-state index in [-0.39, 0.29) is 0 Å². The van der Waals surface area contributed by atoms with Gasteiger partial charge in [-0.05, 0) is 48.3 Å². The maximum atomic E-state index is 2.56. The highest BCUT2D eigenvalue weighted by Crippen LogP contribution is 2.31. The minimum absolute atomic E-state index is 1.04. The van der Waals surface area contributed by atoms with Crippen molar-refractivity contribution in [2.75, 3.05) is 11.9 Å². The molecule has 4 nitrogen and oxygen atoms in total. The summed E-state index contributed by atoms with van der Waals surface area (Å²) in [5, 5.41) is 0. The molecule has 0 saturated heterocycles. The number of para-hydroxylation sites is 3. The van der Waals surface area contributed by atoms with Crippen molar-refractivity contribution < 1.29 is 9.13 Å². The lowest BCUT2D eigenvalue weighted by Crippen LogP contribution is -2.38. The molecule has 47 heavy (non-hydrogen) atoms. The number of aryl methyl sites for hydroxylation is 3. The van der Waals surface area contributed by atoms with E-state index in [9.17, 15) is 0 Å². The summed E-state index contributed by atoms with van der Waals surface area (Å²) in [5.41, 5.74) is 8.77. The number of hydrogen-bond donors (Lipinski definition) is 0. The summed E-state index contributed by atoms with van der Waals surface area (Å²) in [5.74, 6) is 1.27. The maximum Gasteiger partial charge on any atom is 0.355 e. The minimum Gasteiger partial charge on any atom is -0.351 e. The molecule has 0 spiro atoms. The molecule has 0 fully saturated rings. The number of nitrogens with zero attached hydrogens (tertiary/aromatic N) is 4. The lowest BCUT2D eigenvalue weighted by molar-refractivity contribution is -0.680. The van der Waals surface area contributed by atoms with Gasteiger partial charge in [-0.1, -0.05) is 133 Å². The van der Waals surface area contributed by atoms with Gasteiger partial charge in [0.25, 0.3) is 5.69 Å². The Labute approximate surface area is 284 Å². The van der Waals surface area contributed by atoms with Crippen molar-refractivity contribution in [1.29, 1.82) is 0 Å². The fraction of sp³-hybridized carbons (Fsp3) is 0.442. The number of rotatable bonds is 18. The van der Waals surface area contributed by atoms with Gasteiger partial charge in [0.05, 0.1) is 13.6 Å². The van der Waals surface area contributed by atoms with Crippen LogP contribution in [0.4, 0.5) is 5.69 Å².